The van der Waals surface area contributed by atoms with Crippen molar-refractivity contribution in [2.24, 2.45) is 0 Å². The minimum atomic E-state index is 0.687. The number of hydrogen-bond acceptors (Lipinski definition) is 7. The normalized spacial score (nSPS) is 14.3. The van der Waals surface area contributed by atoms with Crippen LogP contribution in [0.3, 0.4) is 0 Å². The molecule has 0 unspecified atom stereocenters. The first-order chi connectivity index (χ1) is 15.8. The van der Waals surface area contributed by atoms with Gasteiger partial charge in [0, 0.05) is 30.2 Å². The van der Waals surface area contributed by atoms with Crippen molar-refractivity contribution >= 4 is 27.6 Å². The average Bonchev–Trinajstić information content (AvgIpc) is 3.48. The number of ether oxygens (including phenoxy) is 1. The Balaban J connectivity index is 1.45. The number of aromatic amines is 2. The summed E-state index contributed by atoms with van der Waals surface area (Å²) >= 11 is 0. The molecule has 0 spiro atoms. The van der Waals surface area contributed by atoms with Gasteiger partial charge in [-0.25, -0.2) is 4.98 Å². The van der Waals surface area contributed by atoms with Gasteiger partial charge in [-0.2, -0.15) is 5.10 Å². The van der Waals surface area contributed by atoms with Crippen LogP contribution in [0.4, 0.5) is 5.69 Å². The van der Waals surface area contributed by atoms with Gasteiger partial charge in [-0.05, 0) is 31.4 Å². The maximum atomic E-state index is 5.30. The van der Waals surface area contributed by atoms with Crippen LogP contribution in [0, 0.1) is 0 Å². The van der Waals surface area contributed by atoms with Gasteiger partial charge < -0.3 is 14.6 Å². The van der Waals surface area contributed by atoms with Gasteiger partial charge in [0.2, 0.25) is 0 Å². The molecule has 0 saturated carbocycles. The van der Waals surface area contributed by atoms with Gasteiger partial charge >= 0.3 is 0 Å². The third-order valence-electron chi connectivity index (χ3n) is 5.99. The van der Waals surface area contributed by atoms with Crippen molar-refractivity contribution in [3.8, 4) is 28.5 Å². The van der Waals surface area contributed by atoms with Crippen molar-refractivity contribution in [1.82, 2.24) is 35.1 Å². The smallest absolute Gasteiger partial charge is 0.159 e. The number of fused-ring (bicyclic) bond motifs is 2. The SMILES string of the molecule is COc1cncc(-c2cc3c(-c4nc5c(N6CCCCC6)cncc5[nH]4)n[nH]c3cn2)c1. The molecule has 6 heterocycles. The van der Waals surface area contributed by atoms with E-state index < -0.39 is 0 Å². The fourth-order valence-electron chi connectivity index (χ4n) is 4.32. The lowest BCUT2D eigenvalue weighted by molar-refractivity contribution is 0.413. The highest BCUT2D eigenvalue weighted by atomic mass is 16.5. The molecule has 9 nitrogen and oxygen atoms in total. The van der Waals surface area contributed by atoms with Crippen LogP contribution in [0.15, 0.2) is 43.1 Å². The predicted octanol–water partition coefficient (Wildman–Crippen LogP) is 3.96. The quantitative estimate of drug-likeness (QED) is 0.448. The van der Waals surface area contributed by atoms with Crippen LogP contribution < -0.4 is 9.64 Å². The third kappa shape index (κ3) is 3.13. The lowest BCUT2D eigenvalue weighted by Crippen LogP contribution is -2.29. The molecule has 6 rings (SSSR count). The summed E-state index contributed by atoms with van der Waals surface area (Å²) in [5, 5.41) is 8.54. The Kier molecular flexibility index (Phi) is 4.45. The zero-order chi connectivity index (χ0) is 21.5. The van der Waals surface area contributed by atoms with E-state index in [4.69, 9.17) is 9.72 Å². The van der Waals surface area contributed by atoms with E-state index in [1.165, 1.54) is 19.3 Å². The van der Waals surface area contributed by atoms with Gasteiger partial charge in [0.15, 0.2) is 5.82 Å². The number of aromatic nitrogens is 7. The fourth-order valence-corrected chi connectivity index (χ4v) is 4.32. The summed E-state index contributed by atoms with van der Waals surface area (Å²) in [4.78, 5) is 24.0. The van der Waals surface area contributed by atoms with Crippen molar-refractivity contribution in [3.05, 3.63) is 43.1 Å². The molecule has 9 heteroatoms. The second-order valence-electron chi connectivity index (χ2n) is 7.99. The number of hydrogen-bond donors (Lipinski definition) is 2. The van der Waals surface area contributed by atoms with Crippen LogP contribution in [0.5, 0.6) is 5.75 Å². The molecule has 1 aliphatic heterocycles. The van der Waals surface area contributed by atoms with Crippen LogP contribution in [-0.4, -0.2) is 55.3 Å². The number of piperidine rings is 1. The highest BCUT2D eigenvalue weighted by Crippen LogP contribution is 2.32. The maximum absolute atomic E-state index is 5.30. The molecule has 0 aromatic carbocycles. The first-order valence-corrected chi connectivity index (χ1v) is 10.7. The molecule has 0 amide bonds. The number of imidazole rings is 1. The monoisotopic (exact) mass is 426 g/mol. The summed E-state index contributed by atoms with van der Waals surface area (Å²) in [6.07, 6.45) is 12.6. The minimum Gasteiger partial charge on any atom is -0.495 e. The molecule has 160 valence electrons. The Labute approximate surface area is 183 Å². The zero-order valence-corrected chi connectivity index (χ0v) is 17.7. The lowest BCUT2D eigenvalue weighted by atomic mass is 10.1. The molecular weight excluding hydrogens is 404 g/mol. The number of pyridine rings is 3. The zero-order valence-electron chi connectivity index (χ0n) is 17.7. The largest absolute Gasteiger partial charge is 0.495 e. The van der Waals surface area contributed by atoms with E-state index in [0.717, 1.165) is 57.7 Å². The Morgan fingerprint density at radius 1 is 0.938 bits per heavy atom. The van der Waals surface area contributed by atoms with Gasteiger partial charge in [-0.3, -0.25) is 20.1 Å². The molecule has 5 aromatic rings. The molecule has 0 radical (unpaired) electrons. The highest BCUT2D eigenvalue weighted by molar-refractivity contribution is 5.96. The molecule has 5 aromatic heterocycles. The molecule has 0 atom stereocenters. The molecule has 2 N–H and O–H groups in total. The molecular formula is C23H22N8O. The summed E-state index contributed by atoms with van der Waals surface area (Å²) in [6, 6.07) is 3.92. The Bertz CT molecular complexity index is 1420. The highest BCUT2D eigenvalue weighted by Gasteiger charge is 2.19. The van der Waals surface area contributed by atoms with Crippen molar-refractivity contribution in [2.75, 3.05) is 25.1 Å². The first-order valence-electron chi connectivity index (χ1n) is 10.7. The van der Waals surface area contributed by atoms with E-state index in [-0.39, 0.29) is 0 Å². The van der Waals surface area contributed by atoms with Crippen molar-refractivity contribution < 1.29 is 4.74 Å². The van der Waals surface area contributed by atoms with Crippen LogP contribution in [-0.2, 0) is 0 Å². The predicted molar refractivity (Wildman–Crippen MR) is 123 cm³/mol. The van der Waals surface area contributed by atoms with E-state index >= 15 is 0 Å². The van der Waals surface area contributed by atoms with Crippen LogP contribution in [0.2, 0.25) is 0 Å². The van der Waals surface area contributed by atoms with Crippen LogP contribution in [0.25, 0.3) is 44.7 Å². The Morgan fingerprint density at radius 3 is 2.69 bits per heavy atom. The maximum Gasteiger partial charge on any atom is 0.159 e. The second-order valence-corrected chi connectivity index (χ2v) is 7.99. The summed E-state index contributed by atoms with van der Waals surface area (Å²) < 4.78 is 5.30. The van der Waals surface area contributed by atoms with Crippen molar-refractivity contribution in [2.45, 2.75) is 19.3 Å². The van der Waals surface area contributed by atoms with Crippen LogP contribution in [0.1, 0.15) is 19.3 Å². The standard InChI is InChI=1S/C23H22N8O/c1-32-15-7-14(9-24-10-15)17-8-16-18(12-26-17)29-30-21(16)23-27-19-11-25-13-20(22(19)28-23)31-5-3-2-4-6-31/h7-13H,2-6H2,1H3,(H,27,28)(H,29,30). The first kappa shape index (κ1) is 18.7. The number of H-pyrrole nitrogens is 2. The van der Waals surface area contributed by atoms with E-state index in [1.807, 2.05) is 24.5 Å². The van der Waals surface area contributed by atoms with Gasteiger partial charge in [0.1, 0.15) is 17.0 Å². The molecule has 1 fully saturated rings. The third-order valence-corrected chi connectivity index (χ3v) is 5.99. The number of anilines is 1. The van der Waals surface area contributed by atoms with Crippen molar-refractivity contribution in [3.63, 3.8) is 0 Å². The van der Waals surface area contributed by atoms with E-state index in [1.54, 1.807) is 25.7 Å². The molecule has 32 heavy (non-hydrogen) atoms. The van der Waals surface area contributed by atoms with E-state index in [0.29, 0.717) is 11.6 Å². The second kappa shape index (κ2) is 7.60. The van der Waals surface area contributed by atoms with E-state index in [2.05, 4.69) is 35.0 Å². The number of nitrogens with one attached hydrogen (secondary N) is 2. The minimum absolute atomic E-state index is 0.687. The molecule has 0 aliphatic carbocycles. The number of rotatable bonds is 4. The Morgan fingerprint density at radius 2 is 1.81 bits per heavy atom. The Hall–Kier alpha value is -4.01. The summed E-state index contributed by atoms with van der Waals surface area (Å²) in [5.74, 6) is 1.39. The summed E-state index contributed by atoms with van der Waals surface area (Å²) in [7, 11) is 1.63. The summed E-state index contributed by atoms with van der Waals surface area (Å²) in [6.45, 7) is 2.08. The number of nitrogens with zero attached hydrogens (tertiary/aromatic N) is 6. The lowest BCUT2D eigenvalue weighted by Gasteiger charge is -2.28. The van der Waals surface area contributed by atoms with E-state index in [9.17, 15) is 0 Å². The topological polar surface area (TPSA) is 109 Å². The number of methoxy groups -OCH3 is 1. The van der Waals surface area contributed by atoms with Crippen LogP contribution >= 0.6 is 0 Å². The average molecular weight is 426 g/mol. The van der Waals surface area contributed by atoms with Crippen molar-refractivity contribution in [1.29, 1.82) is 0 Å². The van der Waals surface area contributed by atoms with Gasteiger partial charge in [-0.1, -0.05) is 0 Å². The fraction of sp³-hybridized carbons (Fsp3) is 0.261. The van der Waals surface area contributed by atoms with Gasteiger partial charge in [-0.15, -0.1) is 0 Å². The van der Waals surface area contributed by atoms with Gasteiger partial charge in [0.05, 0.1) is 54.3 Å². The molecule has 1 saturated heterocycles. The summed E-state index contributed by atoms with van der Waals surface area (Å²) in [5.41, 5.74) is 6.17. The molecule has 0 bridgehead atoms. The molecule has 1 aliphatic rings. The van der Waals surface area contributed by atoms with Gasteiger partial charge in [0.25, 0.3) is 0 Å².